The van der Waals surface area contributed by atoms with Crippen LogP contribution >= 0.6 is 0 Å². The van der Waals surface area contributed by atoms with E-state index in [1.54, 1.807) is 5.57 Å². The van der Waals surface area contributed by atoms with Crippen molar-refractivity contribution in [3.63, 3.8) is 0 Å². The van der Waals surface area contributed by atoms with E-state index in [0.29, 0.717) is 0 Å². The summed E-state index contributed by atoms with van der Waals surface area (Å²) in [6, 6.07) is 1.74. The SMILES string of the molecule is CN1[C@@H](C2CCCCC2)C[C@H]2C/C(=C\[Si](C)(C)C)[C@H]21. The fourth-order valence-corrected chi connectivity index (χ4v) is 6.31. The highest BCUT2D eigenvalue weighted by molar-refractivity contribution is 6.81. The lowest BCUT2D eigenvalue weighted by Gasteiger charge is -2.41. The van der Waals surface area contributed by atoms with E-state index < -0.39 is 8.07 Å². The van der Waals surface area contributed by atoms with Crippen LogP contribution in [0.3, 0.4) is 0 Å². The van der Waals surface area contributed by atoms with Gasteiger partial charge in [-0.15, -0.1) is 0 Å². The van der Waals surface area contributed by atoms with Crippen LogP contribution in [0.2, 0.25) is 19.6 Å². The molecule has 0 aromatic carbocycles. The second-order valence-electron chi connectivity index (χ2n) is 8.36. The summed E-state index contributed by atoms with van der Waals surface area (Å²) in [5.74, 6) is 2.01. The van der Waals surface area contributed by atoms with Crippen molar-refractivity contribution >= 4 is 8.07 Å². The van der Waals surface area contributed by atoms with Gasteiger partial charge in [0.1, 0.15) is 0 Å². The lowest BCUT2D eigenvalue weighted by Crippen LogP contribution is -2.44. The smallest absolute Gasteiger partial charge is 0.0687 e. The van der Waals surface area contributed by atoms with Crippen LogP contribution in [0.25, 0.3) is 0 Å². The third-order valence-electron chi connectivity index (χ3n) is 5.64. The molecule has 19 heavy (non-hydrogen) atoms. The van der Waals surface area contributed by atoms with Gasteiger partial charge in [-0.25, -0.2) is 0 Å². The minimum absolute atomic E-state index is 0.832. The Labute approximate surface area is 120 Å². The number of nitrogens with zero attached hydrogens (tertiary/aromatic N) is 1. The molecule has 0 aromatic rings. The zero-order chi connectivity index (χ0) is 13.6. The molecule has 3 fully saturated rings. The highest BCUT2D eigenvalue weighted by Gasteiger charge is 2.49. The number of fused-ring (bicyclic) bond motifs is 1. The molecule has 2 saturated carbocycles. The van der Waals surface area contributed by atoms with Gasteiger partial charge in [-0.3, -0.25) is 4.90 Å². The van der Waals surface area contributed by atoms with Gasteiger partial charge in [0, 0.05) is 12.1 Å². The molecule has 0 bridgehead atoms. The van der Waals surface area contributed by atoms with Crippen LogP contribution in [-0.2, 0) is 0 Å². The quantitative estimate of drug-likeness (QED) is 0.673. The molecule has 0 amide bonds. The summed E-state index contributed by atoms with van der Waals surface area (Å²) in [6.45, 7) is 7.42. The van der Waals surface area contributed by atoms with Crippen molar-refractivity contribution < 1.29 is 0 Å². The first-order valence-corrected chi connectivity index (χ1v) is 12.0. The molecule has 2 heteroatoms. The molecule has 2 aliphatic carbocycles. The summed E-state index contributed by atoms with van der Waals surface area (Å²) in [5.41, 5.74) is 4.48. The molecule has 0 radical (unpaired) electrons. The van der Waals surface area contributed by atoms with E-state index in [9.17, 15) is 0 Å². The molecule has 1 saturated heterocycles. The zero-order valence-electron chi connectivity index (χ0n) is 13.3. The Morgan fingerprint density at radius 2 is 1.74 bits per heavy atom. The monoisotopic (exact) mass is 277 g/mol. The first-order chi connectivity index (χ1) is 8.96. The van der Waals surface area contributed by atoms with E-state index in [1.807, 2.05) is 0 Å². The largest absolute Gasteiger partial charge is 0.296 e. The van der Waals surface area contributed by atoms with Gasteiger partial charge in [0.05, 0.1) is 8.07 Å². The summed E-state index contributed by atoms with van der Waals surface area (Å²) >= 11 is 0. The second-order valence-corrected chi connectivity index (χ2v) is 13.4. The van der Waals surface area contributed by atoms with Crippen molar-refractivity contribution in [1.29, 1.82) is 0 Å². The third kappa shape index (κ3) is 2.71. The predicted octanol–water partition coefficient (Wildman–Crippen LogP) is 4.46. The van der Waals surface area contributed by atoms with E-state index in [1.165, 1.54) is 44.9 Å². The molecular weight excluding hydrogens is 246 g/mol. The molecule has 0 N–H and O–H groups in total. The standard InChI is InChI=1S/C17H31NSi/c1-18-16(13-8-6-5-7-9-13)11-14-10-15(17(14)18)12-19(2,3)4/h12-14,16-17H,5-11H2,1-4H3/b15-12+/t14-,16-,17+/m1/s1. The van der Waals surface area contributed by atoms with Gasteiger partial charge < -0.3 is 0 Å². The van der Waals surface area contributed by atoms with Crippen molar-refractivity contribution in [2.24, 2.45) is 11.8 Å². The van der Waals surface area contributed by atoms with E-state index in [0.717, 1.165) is 23.9 Å². The Hall–Kier alpha value is -0.0831. The van der Waals surface area contributed by atoms with Crippen LogP contribution < -0.4 is 0 Å². The third-order valence-corrected chi connectivity index (χ3v) is 6.88. The average molecular weight is 278 g/mol. The van der Waals surface area contributed by atoms with E-state index >= 15 is 0 Å². The highest BCUT2D eigenvalue weighted by Crippen LogP contribution is 2.50. The van der Waals surface area contributed by atoms with Crippen LogP contribution in [-0.4, -0.2) is 32.1 Å². The van der Waals surface area contributed by atoms with Crippen molar-refractivity contribution in [2.45, 2.75) is 76.7 Å². The van der Waals surface area contributed by atoms with Crippen molar-refractivity contribution in [3.05, 3.63) is 11.3 Å². The fraction of sp³-hybridized carbons (Fsp3) is 0.882. The van der Waals surface area contributed by atoms with Crippen LogP contribution in [0.4, 0.5) is 0 Å². The topological polar surface area (TPSA) is 3.24 Å². The van der Waals surface area contributed by atoms with Gasteiger partial charge in [0.15, 0.2) is 0 Å². The predicted molar refractivity (Wildman–Crippen MR) is 86.1 cm³/mol. The Morgan fingerprint density at radius 3 is 2.37 bits per heavy atom. The summed E-state index contributed by atoms with van der Waals surface area (Å²) in [4.78, 5) is 2.77. The van der Waals surface area contributed by atoms with Crippen LogP contribution in [0.15, 0.2) is 11.3 Å². The van der Waals surface area contributed by atoms with Gasteiger partial charge in [-0.05, 0) is 44.6 Å². The zero-order valence-corrected chi connectivity index (χ0v) is 14.3. The van der Waals surface area contributed by atoms with Gasteiger partial charge in [0.25, 0.3) is 0 Å². The van der Waals surface area contributed by atoms with Crippen molar-refractivity contribution in [2.75, 3.05) is 7.05 Å². The first kappa shape index (κ1) is 13.9. The lowest BCUT2D eigenvalue weighted by molar-refractivity contribution is 0.152. The van der Waals surface area contributed by atoms with E-state index in [-0.39, 0.29) is 0 Å². The molecule has 3 atom stereocenters. The Balaban J connectivity index is 1.69. The minimum Gasteiger partial charge on any atom is -0.296 e. The van der Waals surface area contributed by atoms with Crippen molar-refractivity contribution in [3.8, 4) is 0 Å². The summed E-state index contributed by atoms with van der Waals surface area (Å²) in [6.07, 6.45) is 10.4. The molecule has 3 aliphatic rings. The van der Waals surface area contributed by atoms with Gasteiger partial charge in [0.2, 0.25) is 0 Å². The van der Waals surface area contributed by atoms with Gasteiger partial charge in [-0.1, -0.05) is 50.2 Å². The summed E-state index contributed by atoms with van der Waals surface area (Å²) < 4.78 is 0. The number of rotatable bonds is 2. The van der Waals surface area contributed by atoms with E-state index in [4.69, 9.17) is 0 Å². The van der Waals surface area contributed by atoms with E-state index in [2.05, 4.69) is 37.3 Å². The molecule has 1 heterocycles. The maximum Gasteiger partial charge on any atom is 0.0687 e. The van der Waals surface area contributed by atoms with Crippen LogP contribution in [0.1, 0.15) is 44.9 Å². The molecule has 0 unspecified atom stereocenters. The normalized spacial score (nSPS) is 39.4. The number of likely N-dealkylation sites (tertiary alicyclic amines) is 1. The number of hydrogen-bond donors (Lipinski definition) is 0. The summed E-state index contributed by atoms with van der Waals surface area (Å²) in [7, 11) is 1.39. The van der Waals surface area contributed by atoms with Crippen molar-refractivity contribution in [1.82, 2.24) is 4.90 Å². The summed E-state index contributed by atoms with van der Waals surface area (Å²) in [5, 5.41) is 0. The maximum absolute atomic E-state index is 2.77. The molecular formula is C17H31NSi. The number of hydrogen-bond acceptors (Lipinski definition) is 1. The second kappa shape index (κ2) is 5.03. The minimum atomic E-state index is -1.03. The highest BCUT2D eigenvalue weighted by atomic mass is 28.3. The maximum atomic E-state index is 2.77. The van der Waals surface area contributed by atoms with Gasteiger partial charge in [-0.2, -0.15) is 0 Å². The fourth-order valence-electron chi connectivity index (χ4n) is 4.91. The Morgan fingerprint density at radius 1 is 1.05 bits per heavy atom. The average Bonchev–Trinajstić information content (AvgIpc) is 2.57. The number of likely N-dealkylation sites (N-methyl/N-ethyl adjacent to an activating group) is 1. The molecule has 3 rings (SSSR count). The molecule has 1 aliphatic heterocycles. The molecule has 0 aromatic heterocycles. The Bertz CT molecular complexity index is 362. The van der Waals surface area contributed by atoms with Crippen LogP contribution in [0, 0.1) is 11.8 Å². The first-order valence-electron chi connectivity index (χ1n) is 8.39. The molecule has 1 nitrogen and oxygen atoms in total. The van der Waals surface area contributed by atoms with Crippen LogP contribution in [0.5, 0.6) is 0 Å². The Kier molecular flexibility index (Phi) is 3.68. The molecule has 108 valence electrons. The van der Waals surface area contributed by atoms with Gasteiger partial charge >= 0.3 is 0 Å². The lowest BCUT2D eigenvalue weighted by atomic mass is 9.75. The molecule has 0 spiro atoms.